The number of carbonyl (C=O) groups excluding carboxylic acids is 3. The number of fused-ring (bicyclic) bond motifs is 2. The molecule has 0 saturated heterocycles. The van der Waals surface area contributed by atoms with Crippen LogP contribution in [0.3, 0.4) is 0 Å². The molecule has 8 aromatic rings. The van der Waals surface area contributed by atoms with Crippen molar-refractivity contribution in [2.24, 2.45) is 5.16 Å². The molecule has 0 aliphatic carbocycles. The third kappa shape index (κ3) is 8.87. The average Bonchev–Trinajstić information content (AvgIpc) is 3.93. The lowest BCUT2D eigenvalue weighted by Gasteiger charge is -2.07. The van der Waals surface area contributed by atoms with Crippen LogP contribution in [0.4, 0.5) is 0 Å². The number of ether oxygens (including phenoxy) is 2. The predicted octanol–water partition coefficient (Wildman–Crippen LogP) is 6.55. The van der Waals surface area contributed by atoms with E-state index in [4.69, 9.17) is 19.8 Å². The fraction of sp³-hybridized carbons (Fsp3) is 0.116. The van der Waals surface area contributed by atoms with Crippen LogP contribution < -0.4 is 0 Å². The highest BCUT2D eigenvalue weighted by molar-refractivity contribution is 5.97. The molecule has 0 saturated carbocycles. The van der Waals surface area contributed by atoms with Crippen LogP contribution in [0.5, 0.6) is 0 Å². The van der Waals surface area contributed by atoms with Crippen molar-refractivity contribution in [1.82, 2.24) is 39.5 Å². The Bertz CT molecular complexity index is 2850. The molecule has 0 aliphatic heterocycles. The Kier molecular flexibility index (Phi) is 12.6. The number of benzene rings is 2. The van der Waals surface area contributed by atoms with Crippen LogP contribution in [0, 0.1) is 0 Å². The topological polar surface area (TPSA) is 210 Å². The van der Waals surface area contributed by atoms with Crippen molar-refractivity contribution >= 4 is 45.2 Å². The molecular formula is C43H37N9O7. The normalized spacial score (nSPS) is 10.9. The Balaban J connectivity index is 0.000000191. The lowest BCUT2D eigenvalue weighted by Crippen LogP contribution is -2.07. The Labute approximate surface area is 337 Å². The van der Waals surface area contributed by atoms with Crippen LogP contribution in [-0.4, -0.2) is 94.6 Å². The van der Waals surface area contributed by atoms with Crippen molar-refractivity contribution in [3.8, 4) is 34.2 Å². The van der Waals surface area contributed by atoms with Crippen molar-refractivity contribution in [3.63, 3.8) is 0 Å². The van der Waals surface area contributed by atoms with Crippen LogP contribution in [-0.2, 0) is 9.47 Å². The summed E-state index contributed by atoms with van der Waals surface area (Å²) in [5.74, 6) is -0.0995. The van der Waals surface area contributed by atoms with Crippen molar-refractivity contribution in [2.75, 3.05) is 21.3 Å². The van der Waals surface area contributed by atoms with Gasteiger partial charge in [0.15, 0.2) is 28.8 Å². The van der Waals surface area contributed by atoms with E-state index < -0.39 is 11.9 Å². The Morgan fingerprint density at radius 3 is 1.42 bits per heavy atom. The fourth-order valence-corrected chi connectivity index (χ4v) is 5.88. The molecule has 0 spiro atoms. The second-order valence-corrected chi connectivity index (χ2v) is 12.5. The van der Waals surface area contributed by atoms with Crippen molar-refractivity contribution < 1.29 is 34.2 Å². The molecule has 6 heterocycles. The number of aliphatic hydroxyl groups is 1. The van der Waals surface area contributed by atoms with Gasteiger partial charge in [0, 0.05) is 35.9 Å². The van der Waals surface area contributed by atoms with Crippen molar-refractivity contribution in [2.45, 2.75) is 13.8 Å². The lowest BCUT2D eigenvalue weighted by atomic mass is 10.1. The van der Waals surface area contributed by atoms with E-state index in [0.717, 1.165) is 45.7 Å². The number of pyridine rings is 4. The van der Waals surface area contributed by atoms with E-state index in [0.29, 0.717) is 34.4 Å². The van der Waals surface area contributed by atoms with E-state index in [-0.39, 0.29) is 17.2 Å². The van der Waals surface area contributed by atoms with E-state index in [1.807, 2.05) is 60.7 Å². The van der Waals surface area contributed by atoms with Gasteiger partial charge in [-0.3, -0.25) is 4.79 Å². The van der Waals surface area contributed by atoms with E-state index in [1.54, 1.807) is 77.2 Å². The number of hydrogen-bond donors (Lipinski definition) is 2. The second-order valence-electron chi connectivity index (χ2n) is 12.5. The maximum absolute atomic E-state index is 11.8. The van der Waals surface area contributed by atoms with Gasteiger partial charge in [-0.25, -0.2) is 38.9 Å². The highest BCUT2D eigenvalue weighted by atomic mass is 16.5. The number of Topliss-reactive ketones (excluding diaryl/α,β-unsaturated/α-hetero) is 1. The number of nitrogens with zero attached hydrogens (tertiary/aromatic N) is 9. The summed E-state index contributed by atoms with van der Waals surface area (Å²) in [5, 5.41) is 29.9. The summed E-state index contributed by atoms with van der Waals surface area (Å²) in [4.78, 5) is 52.9. The van der Waals surface area contributed by atoms with Gasteiger partial charge in [-0.2, -0.15) is 10.2 Å². The first-order chi connectivity index (χ1) is 28.7. The van der Waals surface area contributed by atoms with Gasteiger partial charge in [-0.05, 0) is 67.6 Å². The standard InChI is InChI=1S/C21H17N5O3.C21H16N4O3.CH4O/c1-13(25-28)16-5-3-6-17(23-16)14-9-10-15-12-22-26(19(15)11-14)20-8-4-7-18(24-20)21(27)29-2;1-13(26)16-5-3-6-17(23-16)14-9-10-15-12-22-25(19(15)11-14)20-8-4-7-18(24-20)21(27)28-2;1-2/h3-12,28H,1-2H3;3-12H,1-2H3;2H,1H3/b25-13+;;. The minimum atomic E-state index is -0.510. The summed E-state index contributed by atoms with van der Waals surface area (Å²) < 4.78 is 12.8. The third-order valence-corrected chi connectivity index (χ3v) is 8.80. The number of carbonyl (C=O) groups is 3. The minimum absolute atomic E-state index is 0.0863. The number of aromatic nitrogens is 8. The maximum Gasteiger partial charge on any atom is 0.356 e. The quantitative estimate of drug-likeness (QED) is 0.0551. The molecule has 6 aromatic heterocycles. The number of aliphatic hydroxyl groups excluding tert-OH is 1. The molecule has 0 bridgehead atoms. The first-order valence-corrected chi connectivity index (χ1v) is 17.8. The fourth-order valence-electron chi connectivity index (χ4n) is 5.88. The van der Waals surface area contributed by atoms with Crippen molar-refractivity contribution in [3.05, 3.63) is 144 Å². The molecule has 296 valence electrons. The molecule has 0 aliphatic rings. The molecule has 0 atom stereocenters. The Morgan fingerprint density at radius 2 is 0.983 bits per heavy atom. The summed E-state index contributed by atoms with van der Waals surface area (Å²) in [6.07, 6.45) is 3.46. The molecule has 8 rings (SSSR count). The smallest absolute Gasteiger partial charge is 0.356 e. The van der Waals surface area contributed by atoms with E-state index in [9.17, 15) is 14.4 Å². The van der Waals surface area contributed by atoms with Crippen LogP contribution >= 0.6 is 0 Å². The molecule has 0 unspecified atom stereocenters. The van der Waals surface area contributed by atoms with Gasteiger partial charge in [-0.15, -0.1) is 0 Å². The second kappa shape index (κ2) is 18.3. The van der Waals surface area contributed by atoms with Gasteiger partial charge >= 0.3 is 11.9 Å². The molecule has 16 nitrogen and oxygen atoms in total. The summed E-state index contributed by atoms with van der Waals surface area (Å²) >= 11 is 0. The molecule has 2 N–H and O–H groups in total. The zero-order valence-corrected chi connectivity index (χ0v) is 32.5. The van der Waals surface area contributed by atoms with Gasteiger partial charge in [-0.1, -0.05) is 53.7 Å². The molecule has 0 amide bonds. The zero-order valence-electron chi connectivity index (χ0n) is 32.5. The number of methoxy groups -OCH3 is 2. The molecule has 59 heavy (non-hydrogen) atoms. The van der Waals surface area contributed by atoms with Gasteiger partial charge < -0.3 is 19.8 Å². The average molecular weight is 792 g/mol. The number of oxime groups is 1. The summed E-state index contributed by atoms with van der Waals surface area (Å²) in [6, 6.07) is 32.7. The van der Waals surface area contributed by atoms with Gasteiger partial charge in [0.05, 0.1) is 54.7 Å². The number of rotatable bonds is 8. The van der Waals surface area contributed by atoms with E-state index >= 15 is 0 Å². The zero-order chi connectivity index (χ0) is 42.1. The Morgan fingerprint density at radius 1 is 0.559 bits per heavy atom. The first-order valence-electron chi connectivity index (χ1n) is 17.8. The molecule has 16 heteroatoms. The number of hydrogen-bond acceptors (Lipinski definition) is 14. The Hall–Kier alpha value is -7.98. The maximum atomic E-state index is 11.8. The number of esters is 2. The van der Waals surface area contributed by atoms with Gasteiger partial charge in [0.25, 0.3) is 0 Å². The van der Waals surface area contributed by atoms with E-state index in [2.05, 4.69) is 35.3 Å². The lowest BCUT2D eigenvalue weighted by molar-refractivity contribution is 0.0585. The molecule has 2 aromatic carbocycles. The van der Waals surface area contributed by atoms with Crippen LogP contribution in [0.25, 0.3) is 56.0 Å². The van der Waals surface area contributed by atoms with Gasteiger partial charge in [0.1, 0.15) is 11.4 Å². The SMILES string of the molecule is CO.COC(=O)c1cccc(-n2ncc3ccc(-c4cccc(/C(C)=N/O)n4)cc32)n1.COC(=O)c1cccc(-n2ncc3ccc(-c4cccc(C(C)=O)n4)cc32)n1. The summed E-state index contributed by atoms with van der Waals surface area (Å²) in [7, 11) is 3.63. The minimum Gasteiger partial charge on any atom is -0.464 e. The van der Waals surface area contributed by atoms with Crippen molar-refractivity contribution in [1.29, 1.82) is 0 Å². The third-order valence-electron chi connectivity index (χ3n) is 8.80. The van der Waals surface area contributed by atoms with Crippen LogP contribution in [0.2, 0.25) is 0 Å². The van der Waals surface area contributed by atoms with Crippen LogP contribution in [0.15, 0.2) is 127 Å². The first kappa shape index (κ1) is 40.7. The molecule has 0 radical (unpaired) electrons. The highest BCUT2D eigenvalue weighted by Gasteiger charge is 2.15. The summed E-state index contributed by atoms with van der Waals surface area (Å²) in [5.41, 5.74) is 6.62. The number of ketones is 1. The van der Waals surface area contributed by atoms with Gasteiger partial charge in [0.2, 0.25) is 0 Å². The highest BCUT2D eigenvalue weighted by Crippen LogP contribution is 2.27. The molecular weight excluding hydrogens is 755 g/mol. The monoisotopic (exact) mass is 791 g/mol. The predicted molar refractivity (Wildman–Crippen MR) is 219 cm³/mol. The van der Waals surface area contributed by atoms with Crippen LogP contribution in [0.1, 0.15) is 51.0 Å². The van der Waals surface area contributed by atoms with E-state index in [1.165, 1.54) is 21.1 Å². The summed E-state index contributed by atoms with van der Waals surface area (Å²) in [6.45, 7) is 3.18. The largest absolute Gasteiger partial charge is 0.464 e. The molecule has 0 fully saturated rings.